The number of aromatic nitrogens is 3. The zero-order valence-corrected chi connectivity index (χ0v) is 21.5. The van der Waals surface area contributed by atoms with Crippen LogP contribution in [0.4, 0.5) is 14.7 Å². The number of rotatable bonds is 9. The normalized spacial score (nSPS) is 16.8. The lowest BCUT2D eigenvalue weighted by atomic mass is 9.99. The van der Waals surface area contributed by atoms with Gasteiger partial charge in [-0.05, 0) is 49.2 Å². The van der Waals surface area contributed by atoms with Crippen LogP contribution in [0.15, 0.2) is 73.1 Å². The third kappa shape index (κ3) is 6.60. The average Bonchev–Trinajstić information content (AvgIpc) is 2.95. The van der Waals surface area contributed by atoms with E-state index in [2.05, 4.69) is 30.3 Å². The predicted molar refractivity (Wildman–Crippen MR) is 142 cm³/mol. The standard InChI is InChI=1S/C27H26F2N6O3S/c28-21-15-24(22(29)14-20(21)25(35-39(36)37)17-6-2-1-3-7-17)38-26-19(9-5-12-31-26)23-10-13-32-27(34-23)33-18-8-4-11-30-16-18/h1-3,5-7,9-10,12-15,18,25,30,35H,4,8,11,16H2,(H,36,37)(H,32,33,34)/p-1/t18-,25-/m0/s1. The molecule has 3 heterocycles. The van der Waals surface area contributed by atoms with Crippen molar-refractivity contribution in [2.75, 3.05) is 18.4 Å². The first-order valence-electron chi connectivity index (χ1n) is 12.3. The number of halogens is 2. The first kappa shape index (κ1) is 26.8. The van der Waals surface area contributed by atoms with Crippen molar-refractivity contribution in [2.24, 2.45) is 0 Å². The van der Waals surface area contributed by atoms with Gasteiger partial charge in [0, 0.05) is 47.9 Å². The van der Waals surface area contributed by atoms with Gasteiger partial charge in [-0.25, -0.2) is 28.5 Å². The zero-order chi connectivity index (χ0) is 27.2. The van der Waals surface area contributed by atoms with Crippen LogP contribution in [0.1, 0.15) is 30.0 Å². The first-order valence-corrected chi connectivity index (χ1v) is 13.4. The van der Waals surface area contributed by atoms with Crippen molar-refractivity contribution in [1.29, 1.82) is 0 Å². The van der Waals surface area contributed by atoms with Crippen LogP contribution in [-0.2, 0) is 11.3 Å². The van der Waals surface area contributed by atoms with Crippen LogP contribution in [-0.4, -0.2) is 42.8 Å². The molecule has 3 atom stereocenters. The summed E-state index contributed by atoms with van der Waals surface area (Å²) in [6.45, 7) is 1.79. The highest BCUT2D eigenvalue weighted by atomic mass is 32.2. The van der Waals surface area contributed by atoms with Gasteiger partial charge in [-0.2, -0.15) is 0 Å². The number of benzene rings is 2. The van der Waals surface area contributed by atoms with E-state index in [4.69, 9.17) is 4.74 Å². The molecule has 1 fully saturated rings. The highest BCUT2D eigenvalue weighted by Gasteiger charge is 2.23. The summed E-state index contributed by atoms with van der Waals surface area (Å²) in [6.07, 6.45) is 5.11. The summed E-state index contributed by atoms with van der Waals surface area (Å²) in [7, 11) is 0. The Labute approximate surface area is 226 Å². The molecule has 1 aliphatic rings. The predicted octanol–water partition coefficient (Wildman–Crippen LogP) is 4.25. The molecule has 2 aromatic heterocycles. The van der Waals surface area contributed by atoms with Gasteiger partial charge in [0.05, 0.1) is 17.3 Å². The summed E-state index contributed by atoms with van der Waals surface area (Å²) in [6, 6.07) is 14.2. The fourth-order valence-electron chi connectivity index (χ4n) is 4.40. The Kier molecular flexibility index (Phi) is 8.47. The highest BCUT2D eigenvalue weighted by Crippen LogP contribution is 2.35. The number of pyridine rings is 1. The van der Waals surface area contributed by atoms with Gasteiger partial charge in [0.15, 0.2) is 11.6 Å². The smallest absolute Gasteiger partial charge is 0.228 e. The summed E-state index contributed by atoms with van der Waals surface area (Å²) in [5.74, 6) is -1.70. The first-order chi connectivity index (χ1) is 19.0. The lowest BCUT2D eigenvalue weighted by molar-refractivity contribution is 0.421. The summed E-state index contributed by atoms with van der Waals surface area (Å²) < 4.78 is 61.3. The monoisotopic (exact) mass is 551 g/mol. The molecule has 0 amide bonds. The van der Waals surface area contributed by atoms with Crippen molar-refractivity contribution in [3.05, 3.63) is 95.8 Å². The van der Waals surface area contributed by atoms with E-state index in [9.17, 15) is 8.76 Å². The molecule has 0 bridgehead atoms. The second-order valence-corrected chi connectivity index (χ2v) is 9.62. The molecule has 1 saturated heterocycles. The van der Waals surface area contributed by atoms with E-state index in [1.54, 1.807) is 54.7 Å². The van der Waals surface area contributed by atoms with Crippen molar-refractivity contribution < 1.29 is 22.3 Å². The van der Waals surface area contributed by atoms with Gasteiger partial charge in [0.1, 0.15) is 5.82 Å². The third-order valence-corrected chi connectivity index (χ3v) is 6.68. The second-order valence-electron chi connectivity index (χ2n) is 8.91. The summed E-state index contributed by atoms with van der Waals surface area (Å²) in [5.41, 5.74) is 1.19. The quantitative estimate of drug-likeness (QED) is 0.264. The molecule has 1 aliphatic heterocycles. The molecular formula is C27H25F2N6O3S-. The molecule has 0 aliphatic carbocycles. The number of nitrogens with one attached hydrogen (secondary N) is 3. The molecule has 1 unspecified atom stereocenters. The van der Waals surface area contributed by atoms with Gasteiger partial charge >= 0.3 is 0 Å². The second kappa shape index (κ2) is 12.3. The molecule has 12 heteroatoms. The maximum absolute atomic E-state index is 15.3. The van der Waals surface area contributed by atoms with Gasteiger partial charge in [-0.3, -0.25) is 4.21 Å². The molecule has 0 radical (unpaired) electrons. The van der Waals surface area contributed by atoms with Gasteiger partial charge < -0.3 is 19.9 Å². The van der Waals surface area contributed by atoms with Gasteiger partial charge in [0.25, 0.3) is 0 Å². The molecule has 3 N–H and O–H groups in total. The molecule has 0 spiro atoms. The van der Waals surface area contributed by atoms with Crippen LogP contribution in [0.3, 0.4) is 0 Å². The fraction of sp³-hybridized carbons (Fsp3) is 0.222. The molecule has 0 saturated carbocycles. The van der Waals surface area contributed by atoms with Crippen LogP contribution in [0, 0.1) is 11.6 Å². The minimum atomic E-state index is -2.73. The lowest BCUT2D eigenvalue weighted by Crippen LogP contribution is -2.38. The molecule has 4 aromatic rings. The number of piperidine rings is 1. The third-order valence-electron chi connectivity index (χ3n) is 6.25. The molecule has 202 valence electrons. The lowest BCUT2D eigenvalue weighted by Gasteiger charge is -2.23. The summed E-state index contributed by atoms with van der Waals surface area (Å²) in [5, 5.41) is 6.64. The molecule has 39 heavy (non-hydrogen) atoms. The van der Waals surface area contributed by atoms with Crippen LogP contribution in [0.2, 0.25) is 0 Å². The number of hydrogen-bond acceptors (Lipinski definition) is 8. The number of ether oxygens (including phenoxy) is 1. The van der Waals surface area contributed by atoms with Crippen LogP contribution < -0.4 is 20.1 Å². The average molecular weight is 552 g/mol. The van der Waals surface area contributed by atoms with Gasteiger partial charge in [-0.15, -0.1) is 0 Å². The summed E-state index contributed by atoms with van der Waals surface area (Å²) >= 11 is -2.73. The van der Waals surface area contributed by atoms with Gasteiger partial charge in [0.2, 0.25) is 11.8 Å². The SMILES string of the molecule is O=S([O-])N[C@@H](c1ccccc1)c1cc(F)c(Oc2ncccc2-c2ccnc(N[C@H]3CCCNC3)n2)cc1F. The summed E-state index contributed by atoms with van der Waals surface area (Å²) in [4.78, 5) is 13.1. The number of hydrogen-bond donors (Lipinski definition) is 3. The largest absolute Gasteiger partial charge is 0.760 e. The molecule has 2 aromatic carbocycles. The Bertz CT molecular complexity index is 1460. The topological polar surface area (TPSA) is 124 Å². The van der Waals surface area contributed by atoms with E-state index in [0.717, 1.165) is 38.1 Å². The van der Waals surface area contributed by atoms with E-state index < -0.39 is 34.7 Å². The highest BCUT2D eigenvalue weighted by molar-refractivity contribution is 7.77. The Balaban J connectivity index is 1.42. The van der Waals surface area contributed by atoms with Crippen LogP contribution in [0.25, 0.3) is 11.3 Å². The maximum Gasteiger partial charge on any atom is 0.228 e. The van der Waals surface area contributed by atoms with E-state index in [0.29, 0.717) is 22.8 Å². The molecular weight excluding hydrogens is 526 g/mol. The van der Waals surface area contributed by atoms with E-state index in [1.807, 2.05) is 0 Å². The Hall–Kier alpha value is -3.84. The van der Waals surface area contributed by atoms with E-state index in [1.165, 1.54) is 6.20 Å². The Morgan fingerprint density at radius 1 is 1.05 bits per heavy atom. The number of nitrogens with zero attached hydrogens (tertiary/aromatic N) is 3. The minimum absolute atomic E-state index is 0.0194. The van der Waals surface area contributed by atoms with Crippen molar-refractivity contribution in [2.45, 2.75) is 24.9 Å². The van der Waals surface area contributed by atoms with Crippen LogP contribution >= 0.6 is 0 Å². The Morgan fingerprint density at radius 3 is 2.67 bits per heavy atom. The number of anilines is 1. The maximum atomic E-state index is 15.3. The van der Waals surface area contributed by atoms with Crippen LogP contribution in [0.5, 0.6) is 11.6 Å². The fourth-order valence-corrected chi connectivity index (χ4v) is 4.86. The van der Waals surface area contributed by atoms with Crippen molar-refractivity contribution >= 4 is 17.2 Å². The van der Waals surface area contributed by atoms with Gasteiger partial charge in [-0.1, -0.05) is 30.3 Å². The van der Waals surface area contributed by atoms with Crippen molar-refractivity contribution in [3.63, 3.8) is 0 Å². The van der Waals surface area contributed by atoms with E-state index >= 15 is 8.78 Å². The Morgan fingerprint density at radius 2 is 1.90 bits per heavy atom. The van der Waals surface area contributed by atoms with E-state index in [-0.39, 0.29) is 17.5 Å². The van der Waals surface area contributed by atoms with Crippen molar-refractivity contribution in [1.82, 2.24) is 25.0 Å². The minimum Gasteiger partial charge on any atom is -0.760 e. The molecule has 5 rings (SSSR count). The molecule has 9 nitrogen and oxygen atoms in total. The zero-order valence-electron chi connectivity index (χ0n) is 20.6. The van der Waals surface area contributed by atoms with Crippen molar-refractivity contribution in [3.8, 4) is 22.9 Å².